The van der Waals surface area contributed by atoms with E-state index >= 15 is 0 Å². The van der Waals surface area contributed by atoms with Gasteiger partial charge >= 0.3 is 0 Å². The first-order valence-electron chi connectivity index (χ1n) is 6.49. The minimum Gasteiger partial charge on any atom is -0.350 e. The van der Waals surface area contributed by atoms with E-state index in [1.165, 1.54) is 0 Å². The molecule has 20 heavy (non-hydrogen) atoms. The van der Waals surface area contributed by atoms with Gasteiger partial charge < -0.3 is 5.32 Å². The normalized spacial score (nSPS) is 18.2. The SMILES string of the molecule is O=C1[C@H](Cc2ccccc2)NC(=S)N1c1ccccc1. The molecule has 3 rings (SSSR count). The van der Waals surface area contributed by atoms with E-state index in [1.807, 2.05) is 60.7 Å². The Kier molecular flexibility index (Phi) is 3.48. The Morgan fingerprint density at radius 3 is 2.25 bits per heavy atom. The molecule has 1 aliphatic heterocycles. The molecule has 0 bridgehead atoms. The fraction of sp³-hybridized carbons (Fsp3) is 0.125. The van der Waals surface area contributed by atoms with Crippen LogP contribution < -0.4 is 10.2 Å². The van der Waals surface area contributed by atoms with E-state index in [0.717, 1.165) is 11.3 Å². The third-order valence-corrected chi connectivity index (χ3v) is 3.62. The zero-order valence-corrected chi connectivity index (χ0v) is 11.6. The molecule has 4 heteroatoms. The van der Waals surface area contributed by atoms with Crippen LogP contribution in [0.15, 0.2) is 60.7 Å². The smallest absolute Gasteiger partial charge is 0.256 e. The number of carbonyl (C=O) groups excluding carboxylic acids is 1. The molecule has 2 aromatic carbocycles. The lowest BCUT2D eigenvalue weighted by molar-refractivity contribution is -0.118. The minimum atomic E-state index is -0.287. The van der Waals surface area contributed by atoms with Crippen molar-refractivity contribution in [3.05, 3.63) is 66.2 Å². The average molecular weight is 282 g/mol. The summed E-state index contributed by atoms with van der Waals surface area (Å²) in [6.07, 6.45) is 0.642. The summed E-state index contributed by atoms with van der Waals surface area (Å²) in [5.41, 5.74) is 1.93. The number of para-hydroxylation sites is 1. The maximum atomic E-state index is 12.5. The second-order valence-electron chi connectivity index (χ2n) is 4.70. The molecule has 3 nitrogen and oxygen atoms in total. The Hall–Kier alpha value is -2.20. The maximum Gasteiger partial charge on any atom is 0.256 e. The zero-order valence-electron chi connectivity index (χ0n) is 10.8. The van der Waals surface area contributed by atoms with E-state index in [4.69, 9.17) is 12.2 Å². The Morgan fingerprint density at radius 2 is 1.60 bits per heavy atom. The van der Waals surface area contributed by atoms with Crippen LogP contribution in [-0.2, 0) is 11.2 Å². The summed E-state index contributed by atoms with van der Waals surface area (Å²) in [4.78, 5) is 14.1. The number of rotatable bonds is 3. The van der Waals surface area contributed by atoms with Gasteiger partial charge in [-0.05, 0) is 29.9 Å². The number of hydrogen-bond donors (Lipinski definition) is 1. The molecule has 0 radical (unpaired) electrons. The van der Waals surface area contributed by atoms with Crippen molar-refractivity contribution < 1.29 is 4.79 Å². The summed E-state index contributed by atoms with van der Waals surface area (Å²) in [6.45, 7) is 0. The van der Waals surface area contributed by atoms with Gasteiger partial charge in [-0.3, -0.25) is 9.69 Å². The second-order valence-corrected chi connectivity index (χ2v) is 5.09. The minimum absolute atomic E-state index is 0.00468. The first kappa shape index (κ1) is 12.8. The van der Waals surface area contributed by atoms with Gasteiger partial charge in [0.25, 0.3) is 5.91 Å². The van der Waals surface area contributed by atoms with Gasteiger partial charge in [-0.15, -0.1) is 0 Å². The van der Waals surface area contributed by atoms with Crippen LogP contribution >= 0.6 is 12.2 Å². The molecule has 1 fully saturated rings. The Bertz CT molecular complexity index is 627. The fourth-order valence-corrected chi connectivity index (χ4v) is 2.68. The van der Waals surface area contributed by atoms with Gasteiger partial charge in [0.1, 0.15) is 6.04 Å². The van der Waals surface area contributed by atoms with Crippen molar-refractivity contribution in [1.82, 2.24) is 5.32 Å². The van der Waals surface area contributed by atoms with Gasteiger partial charge in [-0.1, -0.05) is 48.5 Å². The quantitative estimate of drug-likeness (QED) is 0.878. The molecule has 1 heterocycles. The van der Waals surface area contributed by atoms with Gasteiger partial charge in [-0.25, -0.2) is 0 Å². The van der Waals surface area contributed by atoms with E-state index in [2.05, 4.69) is 5.32 Å². The van der Waals surface area contributed by atoms with Crippen molar-refractivity contribution >= 4 is 28.9 Å². The lowest BCUT2D eigenvalue weighted by Crippen LogP contribution is -2.32. The number of amides is 1. The highest BCUT2D eigenvalue weighted by atomic mass is 32.1. The van der Waals surface area contributed by atoms with Gasteiger partial charge in [0.15, 0.2) is 5.11 Å². The van der Waals surface area contributed by atoms with Crippen LogP contribution in [0.3, 0.4) is 0 Å². The first-order chi connectivity index (χ1) is 9.75. The van der Waals surface area contributed by atoms with Crippen molar-refractivity contribution in [3.63, 3.8) is 0 Å². The maximum absolute atomic E-state index is 12.5. The van der Waals surface area contributed by atoms with Gasteiger partial charge in [0.05, 0.1) is 5.69 Å². The topological polar surface area (TPSA) is 32.3 Å². The molecule has 0 unspecified atom stereocenters. The molecule has 100 valence electrons. The largest absolute Gasteiger partial charge is 0.350 e. The molecule has 1 atom stereocenters. The first-order valence-corrected chi connectivity index (χ1v) is 6.90. The third-order valence-electron chi connectivity index (χ3n) is 3.32. The summed E-state index contributed by atoms with van der Waals surface area (Å²) in [5, 5.41) is 3.58. The summed E-state index contributed by atoms with van der Waals surface area (Å²) in [5.74, 6) is 0.00468. The monoisotopic (exact) mass is 282 g/mol. The summed E-state index contributed by atoms with van der Waals surface area (Å²) < 4.78 is 0. The highest BCUT2D eigenvalue weighted by Crippen LogP contribution is 2.20. The van der Waals surface area contributed by atoms with Crippen molar-refractivity contribution in [3.8, 4) is 0 Å². The number of hydrogen-bond acceptors (Lipinski definition) is 2. The molecule has 2 aromatic rings. The van der Waals surface area contributed by atoms with E-state index < -0.39 is 0 Å². The highest BCUT2D eigenvalue weighted by molar-refractivity contribution is 7.80. The third kappa shape index (κ3) is 2.42. The van der Waals surface area contributed by atoms with Gasteiger partial charge in [0.2, 0.25) is 0 Å². The van der Waals surface area contributed by atoms with Gasteiger partial charge in [0, 0.05) is 6.42 Å². The van der Waals surface area contributed by atoms with Crippen LogP contribution in [0.2, 0.25) is 0 Å². The standard InChI is InChI=1S/C16H14N2OS/c19-15-14(11-12-7-3-1-4-8-12)17-16(20)18(15)13-9-5-2-6-10-13/h1-10,14H,11H2,(H,17,20)/t14-/m0/s1. The van der Waals surface area contributed by atoms with E-state index in [0.29, 0.717) is 11.5 Å². The Balaban J connectivity index is 1.81. The lowest BCUT2D eigenvalue weighted by Gasteiger charge is -2.14. The number of benzene rings is 2. The molecule has 0 aliphatic carbocycles. The van der Waals surface area contributed by atoms with Crippen LogP contribution in [0.5, 0.6) is 0 Å². The average Bonchev–Trinajstić information content (AvgIpc) is 2.75. The lowest BCUT2D eigenvalue weighted by atomic mass is 10.1. The molecular weight excluding hydrogens is 268 g/mol. The van der Waals surface area contributed by atoms with Crippen LogP contribution in [0.25, 0.3) is 0 Å². The molecule has 0 aromatic heterocycles. The van der Waals surface area contributed by atoms with E-state index in [1.54, 1.807) is 4.90 Å². The summed E-state index contributed by atoms with van der Waals surface area (Å²) in [7, 11) is 0. The van der Waals surface area contributed by atoms with Crippen LogP contribution in [0, 0.1) is 0 Å². The zero-order chi connectivity index (χ0) is 13.9. The number of thiocarbonyl (C=S) groups is 1. The molecule has 1 amide bonds. The highest BCUT2D eigenvalue weighted by Gasteiger charge is 2.36. The molecule has 0 spiro atoms. The number of nitrogens with one attached hydrogen (secondary N) is 1. The van der Waals surface area contributed by atoms with E-state index in [-0.39, 0.29) is 11.9 Å². The number of nitrogens with zero attached hydrogens (tertiary/aromatic N) is 1. The number of anilines is 1. The second kappa shape index (κ2) is 5.43. The van der Waals surface area contributed by atoms with Crippen LogP contribution in [-0.4, -0.2) is 17.1 Å². The predicted octanol–water partition coefficient (Wildman–Crippen LogP) is 2.52. The number of carbonyl (C=O) groups is 1. The predicted molar refractivity (Wildman–Crippen MR) is 83.6 cm³/mol. The molecule has 1 saturated heterocycles. The molecule has 1 N–H and O–H groups in total. The van der Waals surface area contributed by atoms with Crippen molar-refractivity contribution in [1.29, 1.82) is 0 Å². The van der Waals surface area contributed by atoms with Gasteiger partial charge in [-0.2, -0.15) is 0 Å². The summed E-state index contributed by atoms with van der Waals surface area (Å²) in [6, 6.07) is 19.1. The molecule has 0 saturated carbocycles. The van der Waals surface area contributed by atoms with Crippen molar-refractivity contribution in [2.24, 2.45) is 0 Å². The molecule has 1 aliphatic rings. The van der Waals surface area contributed by atoms with Crippen LogP contribution in [0.1, 0.15) is 5.56 Å². The van der Waals surface area contributed by atoms with Crippen molar-refractivity contribution in [2.45, 2.75) is 12.5 Å². The van der Waals surface area contributed by atoms with E-state index in [9.17, 15) is 4.79 Å². The Labute approximate surface area is 123 Å². The molecular formula is C16H14N2OS. The van der Waals surface area contributed by atoms with Crippen LogP contribution in [0.4, 0.5) is 5.69 Å². The van der Waals surface area contributed by atoms with Crippen molar-refractivity contribution in [2.75, 3.05) is 4.90 Å². The fourth-order valence-electron chi connectivity index (χ4n) is 2.34. The summed E-state index contributed by atoms with van der Waals surface area (Å²) >= 11 is 5.29. The Morgan fingerprint density at radius 1 is 1.00 bits per heavy atom.